The summed E-state index contributed by atoms with van der Waals surface area (Å²) in [5.41, 5.74) is 2.09. The van der Waals surface area contributed by atoms with Gasteiger partial charge in [-0.25, -0.2) is 9.67 Å². The van der Waals surface area contributed by atoms with E-state index in [1.165, 1.54) is 19.3 Å². The highest BCUT2D eigenvalue weighted by Gasteiger charge is 2.34. The molecule has 0 bridgehead atoms. The molecule has 27 heavy (non-hydrogen) atoms. The predicted octanol–water partition coefficient (Wildman–Crippen LogP) is 2.89. The van der Waals surface area contributed by atoms with Crippen molar-refractivity contribution in [2.45, 2.75) is 51.0 Å². The molecule has 1 saturated carbocycles. The van der Waals surface area contributed by atoms with E-state index < -0.39 is 0 Å². The van der Waals surface area contributed by atoms with Crippen LogP contribution in [0.4, 0.5) is 0 Å². The molecule has 1 atom stereocenters. The highest BCUT2D eigenvalue weighted by Crippen LogP contribution is 2.33. The van der Waals surface area contributed by atoms with Crippen LogP contribution in [0.15, 0.2) is 18.3 Å². The quantitative estimate of drug-likeness (QED) is 0.813. The van der Waals surface area contributed by atoms with Crippen molar-refractivity contribution in [1.29, 1.82) is 0 Å². The fourth-order valence-electron chi connectivity index (χ4n) is 4.58. The second-order valence-electron chi connectivity index (χ2n) is 8.39. The van der Waals surface area contributed by atoms with E-state index >= 15 is 0 Å². The van der Waals surface area contributed by atoms with Crippen LogP contribution in [0.25, 0.3) is 11.0 Å². The maximum absolute atomic E-state index is 12.9. The summed E-state index contributed by atoms with van der Waals surface area (Å²) in [5.74, 6) is 0.963. The van der Waals surface area contributed by atoms with Crippen LogP contribution in [0.1, 0.15) is 50.1 Å². The molecule has 1 aliphatic carbocycles. The molecule has 2 aromatic heterocycles. The summed E-state index contributed by atoms with van der Waals surface area (Å²) in [4.78, 5) is 21.7. The van der Waals surface area contributed by atoms with E-state index in [-0.39, 0.29) is 5.92 Å². The van der Waals surface area contributed by atoms with Gasteiger partial charge in [-0.2, -0.15) is 5.10 Å². The van der Waals surface area contributed by atoms with Crippen LogP contribution in [0.3, 0.4) is 0 Å². The SMILES string of the molecule is CN(C)CCn1nc([C@@H]2CCN(C(=O)C3CCCCC3)C2)c2cccnc21. The lowest BCUT2D eigenvalue weighted by Gasteiger charge is -2.26. The smallest absolute Gasteiger partial charge is 0.225 e. The fraction of sp³-hybridized carbons (Fsp3) is 0.667. The van der Waals surface area contributed by atoms with Crippen molar-refractivity contribution in [2.24, 2.45) is 5.92 Å². The van der Waals surface area contributed by atoms with Crippen LogP contribution in [-0.2, 0) is 11.3 Å². The number of fused-ring (bicyclic) bond motifs is 1. The Bertz CT molecular complexity index is 793. The number of hydrogen-bond donors (Lipinski definition) is 0. The minimum absolute atomic E-state index is 0.258. The number of likely N-dealkylation sites (N-methyl/N-ethyl adjacent to an activating group) is 1. The molecular weight excluding hydrogens is 338 g/mol. The molecule has 3 heterocycles. The van der Waals surface area contributed by atoms with E-state index in [1.807, 2.05) is 16.9 Å². The average Bonchev–Trinajstić information content (AvgIpc) is 3.31. The largest absolute Gasteiger partial charge is 0.342 e. The second kappa shape index (κ2) is 7.97. The first-order valence-electron chi connectivity index (χ1n) is 10.4. The first-order chi connectivity index (χ1) is 13.1. The van der Waals surface area contributed by atoms with E-state index in [0.717, 1.165) is 62.2 Å². The Balaban J connectivity index is 1.52. The Morgan fingerprint density at radius 1 is 1.22 bits per heavy atom. The maximum Gasteiger partial charge on any atom is 0.225 e. The summed E-state index contributed by atoms with van der Waals surface area (Å²) in [6.07, 6.45) is 8.70. The zero-order valence-electron chi connectivity index (χ0n) is 16.6. The highest BCUT2D eigenvalue weighted by molar-refractivity contribution is 5.81. The lowest BCUT2D eigenvalue weighted by molar-refractivity contribution is -0.135. The van der Waals surface area contributed by atoms with E-state index in [1.54, 1.807) is 0 Å². The Morgan fingerprint density at radius 3 is 2.81 bits per heavy atom. The summed E-state index contributed by atoms with van der Waals surface area (Å²) < 4.78 is 2.04. The lowest BCUT2D eigenvalue weighted by Crippen LogP contribution is -2.35. The maximum atomic E-state index is 12.9. The van der Waals surface area contributed by atoms with Crippen molar-refractivity contribution in [2.75, 3.05) is 33.7 Å². The number of nitrogens with zero attached hydrogens (tertiary/aromatic N) is 5. The Kier molecular flexibility index (Phi) is 5.43. The van der Waals surface area contributed by atoms with Crippen LogP contribution < -0.4 is 0 Å². The van der Waals surface area contributed by atoms with Gasteiger partial charge in [0.25, 0.3) is 0 Å². The molecule has 0 unspecified atom stereocenters. The van der Waals surface area contributed by atoms with Crippen molar-refractivity contribution in [3.05, 3.63) is 24.0 Å². The predicted molar refractivity (Wildman–Crippen MR) is 107 cm³/mol. The van der Waals surface area contributed by atoms with Crippen molar-refractivity contribution < 1.29 is 4.79 Å². The first kappa shape index (κ1) is 18.4. The molecule has 0 aromatic carbocycles. The van der Waals surface area contributed by atoms with Gasteiger partial charge in [0.2, 0.25) is 5.91 Å². The molecule has 146 valence electrons. The molecule has 6 nitrogen and oxygen atoms in total. The summed E-state index contributed by atoms with van der Waals surface area (Å²) in [5, 5.41) is 6.09. The van der Waals surface area contributed by atoms with Crippen molar-refractivity contribution in [1.82, 2.24) is 24.6 Å². The molecular formula is C21H31N5O. The van der Waals surface area contributed by atoms with Crippen LogP contribution in [0.5, 0.6) is 0 Å². The van der Waals surface area contributed by atoms with Gasteiger partial charge in [0.05, 0.1) is 12.2 Å². The number of carbonyl (C=O) groups is 1. The molecule has 6 heteroatoms. The second-order valence-corrected chi connectivity index (χ2v) is 8.39. The van der Waals surface area contributed by atoms with Crippen LogP contribution >= 0.6 is 0 Å². The van der Waals surface area contributed by atoms with Crippen LogP contribution in [0.2, 0.25) is 0 Å². The summed E-state index contributed by atoms with van der Waals surface area (Å²) >= 11 is 0. The Morgan fingerprint density at radius 2 is 2.04 bits per heavy atom. The van der Waals surface area contributed by atoms with Gasteiger partial charge in [-0.3, -0.25) is 4.79 Å². The van der Waals surface area contributed by atoms with E-state index in [2.05, 4.69) is 34.9 Å². The third-order valence-electron chi connectivity index (χ3n) is 6.14. The van der Waals surface area contributed by atoms with Gasteiger partial charge in [0.15, 0.2) is 5.65 Å². The Hall–Kier alpha value is -1.95. The Labute approximate surface area is 161 Å². The minimum atomic E-state index is 0.258. The molecule has 0 spiro atoms. The molecule has 0 radical (unpaired) electrons. The number of hydrogen-bond acceptors (Lipinski definition) is 4. The molecule has 4 rings (SSSR count). The normalized spacial score (nSPS) is 21.4. The summed E-state index contributed by atoms with van der Waals surface area (Å²) in [6, 6.07) is 4.12. The number of rotatable bonds is 5. The number of aromatic nitrogens is 3. The summed E-state index contributed by atoms with van der Waals surface area (Å²) in [6.45, 7) is 3.44. The third kappa shape index (κ3) is 3.86. The number of pyridine rings is 1. The van der Waals surface area contributed by atoms with Gasteiger partial charge in [0, 0.05) is 43.1 Å². The van der Waals surface area contributed by atoms with Crippen molar-refractivity contribution in [3.8, 4) is 0 Å². The molecule has 1 amide bonds. The standard InChI is InChI=1S/C21H31N5O/c1-24(2)13-14-26-20-18(9-6-11-22-20)19(23-26)17-10-12-25(15-17)21(27)16-7-4-3-5-8-16/h6,9,11,16-17H,3-5,7-8,10,12-15H2,1-2H3/t17-/m1/s1. The molecule has 1 aliphatic heterocycles. The zero-order valence-corrected chi connectivity index (χ0v) is 16.6. The fourth-order valence-corrected chi connectivity index (χ4v) is 4.58. The first-order valence-corrected chi connectivity index (χ1v) is 10.4. The monoisotopic (exact) mass is 369 g/mol. The number of carbonyl (C=O) groups excluding carboxylic acids is 1. The van der Waals surface area contributed by atoms with E-state index in [9.17, 15) is 4.79 Å². The average molecular weight is 370 g/mol. The van der Waals surface area contributed by atoms with E-state index in [4.69, 9.17) is 5.10 Å². The lowest BCUT2D eigenvalue weighted by atomic mass is 9.88. The van der Waals surface area contributed by atoms with Gasteiger partial charge in [-0.05, 0) is 45.5 Å². The van der Waals surface area contributed by atoms with Gasteiger partial charge in [-0.1, -0.05) is 19.3 Å². The number of likely N-dealkylation sites (tertiary alicyclic amines) is 1. The zero-order chi connectivity index (χ0) is 18.8. The molecule has 1 saturated heterocycles. The van der Waals surface area contributed by atoms with E-state index in [0.29, 0.717) is 11.8 Å². The minimum Gasteiger partial charge on any atom is -0.342 e. The number of amides is 1. The van der Waals surface area contributed by atoms with Crippen LogP contribution in [0, 0.1) is 5.92 Å². The molecule has 2 aliphatic rings. The van der Waals surface area contributed by atoms with Gasteiger partial charge < -0.3 is 9.80 Å². The van der Waals surface area contributed by atoms with Gasteiger partial charge >= 0.3 is 0 Å². The molecule has 0 N–H and O–H groups in total. The van der Waals surface area contributed by atoms with Crippen molar-refractivity contribution >= 4 is 16.9 Å². The third-order valence-corrected chi connectivity index (χ3v) is 6.14. The molecule has 2 fully saturated rings. The highest BCUT2D eigenvalue weighted by atomic mass is 16.2. The topological polar surface area (TPSA) is 54.3 Å². The van der Waals surface area contributed by atoms with Gasteiger partial charge in [0.1, 0.15) is 0 Å². The van der Waals surface area contributed by atoms with Crippen LogP contribution in [-0.4, -0.2) is 64.2 Å². The summed E-state index contributed by atoms with van der Waals surface area (Å²) in [7, 11) is 4.15. The van der Waals surface area contributed by atoms with Crippen molar-refractivity contribution in [3.63, 3.8) is 0 Å². The van der Waals surface area contributed by atoms with Gasteiger partial charge in [-0.15, -0.1) is 0 Å². The molecule has 2 aromatic rings.